The number of hydrogen-bond donors (Lipinski definition) is 2. The van der Waals surface area contributed by atoms with Gasteiger partial charge in [0.25, 0.3) is 5.91 Å². The third-order valence-corrected chi connectivity index (χ3v) is 4.41. The van der Waals surface area contributed by atoms with Crippen molar-refractivity contribution in [1.82, 2.24) is 5.32 Å². The van der Waals surface area contributed by atoms with Crippen LogP contribution >= 0.6 is 24.0 Å². The molecule has 1 fully saturated rings. The molecular formula is C14H15NO3S2. The third kappa shape index (κ3) is 3.32. The van der Waals surface area contributed by atoms with Crippen LogP contribution in [0, 0.1) is 0 Å². The number of hydrogen-bond acceptors (Lipinski definition) is 5. The predicted molar refractivity (Wildman–Crippen MR) is 84.0 cm³/mol. The van der Waals surface area contributed by atoms with Crippen molar-refractivity contribution in [3.05, 3.63) is 34.2 Å². The van der Waals surface area contributed by atoms with Gasteiger partial charge in [-0.15, -0.1) is 0 Å². The lowest BCUT2D eigenvalue weighted by Crippen LogP contribution is -2.18. The zero-order valence-electron chi connectivity index (χ0n) is 11.2. The lowest BCUT2D eigenvalue weighted by molar-refractivity contribution is -0.115. The molecule has 0 aliphatic carbocycles. The number of benzene rings is 1. The van der Waals surface area contributed by atoms with E-state index in [0.29, 0.717) is 15.0 Å². The maximum absolute atomic E-state index is 11.6. The number of methoxy groups -OCH3 is 1. The number of thioether (sulfide) groups is 1. The maximum atomic E-state index is 11.6. The normalized spacial score (nSPS) is 17.1. The minimum absolute atomic E-state index is 0.116. The van der Waals surface area contributed by atoms with Gasteiger partial charge < -0.3 is 15.2 Å². The van der Waals surface area contributed by atoms with Crippen LogP contribution in [0.1, 0.15) is 18.9 Å². The van der Waals surface area contributed by atoms with Crippen LogP contribution in [-0.2, 0) is 11.2 Å². The molecule has 20 heavy (non-hydrogen) atoms. The zero-order valence-corrected chi connectivity index (χ0v) is 12.9. The first-order valence-electron chi connectivity index (χ1n) is 6.10. The first kappa shape index (κ1) is 14.9. The van der Waals surface area contributed by atoms with Gasteiger partial charge in [-0.3, -0.25) is 4.79 Å². The number of aryl methyl sites for hydroxylation is 1. The Hall–Kier alpha value is -1.53. The van der Waals surface area contributed by atoms with Crippen LogP contribution < -0.4 is 10.1 Å². The molecule has 0 atom stereocenters. The van der Waals surface area contributed by atoms with E-state index in [-0.39, 0.29) is 11.7 Å². The van der Waals surface area contributed by atoms with Gasteiger partial charge in [-0.2, -0.15) is 0 Å². The second kappa shape index (κ2) is 6.28. The number of ether oxygens (including phenoxy) is 1. The first-order chi connectivity index (χ1) is 9.51. The van der Waals surface area contributed by atoms with E-state index in [0.717, 1.165) is 24.0 Å². The van der Waals surface area contributed by atoms with Gasteiger partial charge in [-0.05, 0) is 37.5 Å². The molecule has 1 heterocycles. The van der Waals surface area contributed by atoms with Crippen LogP contribution in [0.15, 0.2) is 28.7 Å². The van der Waals surface area contributed by atoms with Crippen LogP contribution in [0.2, 0.25) is 0 Å². The molecule has 6 heteroatoms. The summed E-state index contributed by atoms with van der Waals surface area (Å²) in [5, 5.41) is 12.3. The number of amides is 1. The Morgan fingerprint density at radius 3 is 2.80 bits per heavy atom. The second-order valence-electron chi connectivity index (χ2n) is 4.46. The number of phenols is 1. The molecule has 1 aromatic rings. The summed E-state index contributed by atoms with van der Waals surface area (Å²) in [7, 11) is 1.52. The summed E-state index contributed by atoms with van der Waals surface area (Å²) >= 11 is 6.27. The van der Waals surface area contributed by atoms with Crippen molar-refractivity contribution < 1.29 is 14.6 Å². The summed E-state index contributed by atoms with van der Waals surface area (Å²) in [5.74, 6) is 0.472. The van der Waals surface area contributed by atoms with Gasteiger partial charge in [0, 0.05) is 0 Å². The smallest absolute Gasteiger partial charge is 0.263 e. The van der Waals surface area contributed by atoms with Gasteiger partial charge in [-0.1, -0.05) is 35.6 Å². The van der Waals surface area contributed by atoms with E-state index in [1.165, 1.54) is 18.9 Å². The molecule has 0 aromatic heterocycles. The van der Waals surface area contributed by atoms with E-state index in [4.69, 9.17) is 17.0 Å². The van der Waals surface area contributed by atoms with E-state index in [9.17, 15) is 9.90 Å². The molecule has 1 amide bonds. The van der Waals surface area contributed by atoms with Crippen molar-refractivity contribution >= 4 is 34.2 Å². The monoisotopic (exact) mass is 309 g/mol. The number of nitrogens with one attached hydrogen (secondary N) is 1. The highest BCUT2D eigenvalue weighted by atomic mass is 32.2. The van der Waals surface area contributed by atoms with Crippen molar-refractivity contribution in [1.29, 1.82) is 0 Å². The van der Waals surface area contributed by atoms with Crippen molar-refractivity contribution in [3.8, 4) is 11.5 Å². The average Bonchev–Trinajstić information content (AvgIpc) is 2.75. The zero-order chi connectivity index (χ0) is 14.7. The standard InChI is InChI=1S/C14H15NO3S2/c1-8(12-13(17)15-14(19)20-12)3-4-9-5-6-11(18-2)10(16)7-9/h5-7,16H,3-4H2,1-2H3,(H,15,17,19). The largest absolute Gasteiger partial charge is 0.504 e. The summed E-state index contributed by atoms with van der Waals surface area (Å²) in [6.45, 7) is 1.93. The Morgan fingerprint density at radius 1 is 1.50 bits per heavy atom. The summed E-state index contributed by atoms with van der Waals surface area (Å²) in [6.07, 6.45) is 1.48. The van der Waals surface area contributed by atoms with Crippen molar-refractivity contribution in [2.75, 3.05) is 7.11 Å². The number of carbonyl (C=O) groups is 1. The molecule has 4 nitrogen and oxygen atoms in total. The highest BCUT2D eigenvalue weighted by molar-refractivity contribution is 8.26. The van der Waals surface area contributed by atoms with Crippen LogP contribution in [0.3, 0.4) is 0 Å². The molecule has 0 bridgehead atoms. The lowest BCUT2D eigenvalue weighted by atomic mass is 10.0. The highest BCUT2D eigenvalue weighted by Gasteiger charge is 2.24. The second-order valence-corrected chi connectivity index (χ2v) is 6.15. The Balaban J connectivity index is 2.05. The lowest BCUT2D eigenvalue weighted by Gasteiger charge is -2.07. The minimum atomic E-state index is -0.116. The molecule has 1 aromatic carbocycles. The Morgan fingerprint density at radius 2 is 2.25 bits per heavy atom. The molecule has 2 N–H and O–H groups in total. The fourth-order valence-corrected chi connectivity index (χ4v) is 3.02. The van der Waals surface area contributed by atoms with Crippen LogP contribution in [0.25, 0.3) is 0 Å². The first-order valence-corrected chi connectivity index (χ1v) is 7.32. The fourth-order valence-electron chi connectivity index (χ4n) is 1.93. The van der Waals surface area contributed by atoms with Gasteiger partial charge in [0.1, 0.15) is 4.32 Å². The SMILES string of the molecule is COc1ccc(CCC(C)=C2SC(=S)NC2=O)cc1O. The van der Waals surface area contributed by atoms with Crippen molar-refractivity contribution in [3.63, 3.8) is 0 Å². The van der Waals surface area contributed by atoms with Crippen LogP contribution in [-0.4, -0.2) is 22.4 Å². The van der Waals surface area contributed by atoms with Gasteiger partial charge >= 0.3 is 0 Å². The molecule has 0 saturated carbocycles. The van der Waals surface area contributed by atoms with E-state index in [2.05, 4.69) is 5.32 Å². The van der Waals surface area contributed by atoms with E-state index < -0.39 is 0 Å². The van der Waals surface area contributed by atoms with Gasteiger partial charge in [-0.25, -0.2) is 0 Å². The highest BCUT2D eigenvalue weighted by Crippen LogP contribution is 2.30. The molecule has 0 spiro atoms. The van der Waals surface area contributed by atoms with Gasteiger partial charge in [0.2, 0.25) is 0 Å². The molecule has 2 rings (SSSR count). The van der Waals surface area contributed by atoms with Crippen molar-refractivity contribution in [2.45, 2.75) is 19.8 Å². The summed E-state index contributed by atoms with van der Waals surface area (Å²) in [4.78, 5) is 12.3. The van der Waals surface area contributed by atoms with E-state index in [1.807, 2.05) is 13.0 Å². The number of phenolic OH excluding ortho intramolecular Hbond substituents is 1. The van der Waals surface area contributed by atoms with Crippen LogP contribution in [0.4, 0.5) is 0 Å². The topological polar surface area (TPSA) is 58.6 Å². The number of allylic oxidation sites excluding steroid dienone is 1. The summed E-state index contributed by atoms with van der Waals surface area (Å²) < 4.78 is 5.51. The molecular weight excluding hydrogens is 294 g/mol. The van der Waals surface area contributed by atoms with Gasteiger partial charge in [0.05, 0.1) is 12.0 Å². The van der Waals surface area contributed by atoms with E-state index in [1.54, 1.807) is 12.1 Å². The van der Waals surface area contributed by atoms with Crippen molar-refractivity contribution in [2.24, 2.45) is 0 Å². The van der Waals surface area contributed by atoms with E-state index >= 15 is 0 Å². The maximum Gasteiger partial charge on any atom is 0.263 e. The molecule has 106 valence electrons. The molecule has 1 aliphatic heterocycles. The Kier molecular flexibility index (Phi) is 4.67. The third-order valence-electron chi connectivity index (χ3n) is 3.04. The fraction of sp³-hybridized carbons (Fsp3) is 0.286. The molecule has 0 unspecified atom stereocenters. The number of aromatic hydroxyl groups is 1. The molecule has 1 saturated heterocycles. The summed E-state index contributed by atoms with van der Waals surface area (Å²) in [5.41, 5.74) is 2.00. The minimum Gasteiger partial charge on any atom is -0.504 e. The predicted octanol–water partition coefficient (Wildman–Crippen LogP) is 2.76. The molecule has 1 aliphatic rings. The number of thiocarbonyl (C=S) groups is 1. The quantitative estimate of drug-likeness (QED) is 0.661. The Bertz CT molecular complexity index is 596. The number of carbonyl (C=O) groups excluding carboxylic acids is 1. The number of rotatable bonds is 4. The van der Waals surface area contributed by atoms with Gasteiger partial charge in [0.15, 0.2) is 11.5 Å². The molecule has 0 radical (unpaired) electrons. The Labute approximate surface area is 127 Å². The summed E-state index contributed by atoms with van der Waals surface area (Å²) in [6, 6.07) is 5.32. The van der Waals surface area contributed by atoms with Crippen LogP contribution in [0.5, 0.6) is 11.5 Å². The average molecular weight is 309 g/mol.